The summed E-state index contributed by atoms with van der Waals surface area (Å²) in [4.78, 5) is 10.2. The van der Waals surface area contributed by atoms with Crippen molar-refractivity contribution in [1.29, 1.82) is 0 Å². The maximum Gasteiger partial charge on any atom is 0.307 e. The van der Waals surface area contributed by atoms with E-state index in [1.165, 1.54) is 0 Å². The number of benzene rings is 1. The quantitative estimate of drug-likeness (QED) is 0.838. The first-order valence-corrected chi connectivity index (χ1v) is 3.97. The van der Waals surface area contributed by atoms with Crippen LogP contribution in [-0.2, 0) is 15.1 Å². The van der Waals surface area contributed by atoms with Gasteiger partial charge in [-0.15, -0.1) is 0 Å². The molecular formula is C8H8Cl2O3. The highest BCUT2D eigenvalue weighted by molar-refractivity contribution is 6.24. The van der Waals surface area contributed by atoms with Gasteiger partial charge in [0.15, 0.2) is 0 Å². The molecule has 13 heavy (non-hydrogen) atoms. The lowest BCUT2D eigenvalue weighted by molar-refractivity contribution is -0.136. The van der Waals surface area contributed by atoms with Crippen molar-refractivity contribution in [2.24, 2.45) is 0 Å². The highest BCUT2D eigenvalue weighted by atomic mass is 35.6. The molecule has 0 fully saturated rings. The zero-order chi connectivity index (χ0) is 10.1. The van der Waals surface area contributed by atoms with Crippen LogP contribution in [0.4, 0.5) is 0 Å². The van der Waals surface area contributed by atoms with Crippen molar-refractivity contribution >= 4 is 29.7 Å². The van der Waals surface area contributed by atoms with Crippen LogP contribution in [-0.4, -0.2) is 11.1 Å². The third-order valence-electron chi connectivity index (χ3n) is 1.20. The number of carbonyl (C=O) groups is 1. The van der Waals surface area contributed by atoms with Crippen LogP contribution >= 0.6 is 23.7 Å². The molecule has 0 bridgehead atoms. The van der Waals surface area contributed by atoms with Crippen molar-refractivity contribution in [3.63, 3.8) is 0 Å². The van der Waals surface area contributed by atoms with Crippen LogP contribution in [0, 0.1) is 0 Å². The molecule has 0 aromatic heterocycles. The van der Waals surface area contributed by atoms with Crippen LogP contribution in [0.15, 0.2) is 30.3 Å². The minimum atomic E-state index is -0.786. The van der Waals surface area contributed by atoms with Gasteiger partial charge < -0.3 is 5.11 Å². The van der Waals surface area contributed by atoms with E-state index in [1.54, 1.807) is 12.1 Å². The Balaban J connectivity index is 0.000000424. The molecule has 3 nitrogen and oxygen atoms in total. The molecule has 0 amide bonds. The van der Waals surface area contributed by atoms with Crippen LogP contribution in [0.1, 0.15) is 5.56 Å². The molecule has 0 atom stereocenters. The molecular weight excluding hydrogens is 215 g/mol. The van der Waals surface area contributed by atoms with Crippen LogP contribution in [0.2, 0.25) is 0 Å². The molecule has 1 N–H and O–H groups in total. The molecule has 0 aliphatic rings. The smallest absolute Gasteiger partial charge is 0.307 e. The Labute approximate surface area is 86.2 Å². The number of rotatable bonds is 2. The van der Waals surface area contributed by atoms with Gasteiger partial charge in [-0.2, -0.15) is 3.84 Å². The second kappa shape index (κ2) is 7.86. The molecule has 0 radical (unpaired) electrons. The molecule has 1 rings (SSSR count). The fourth-order valence-electron chi connectivity index (χ4n) is 0.770. The zero-order valence-electron chi connectivity index (χ0n) is 6.61. The van der Waals surface area contributed by atoms with Gasteiger partial charge in [0.25, 0.3) is 0 Å². The Kier molecular flexibility index (Phi) is 7.39. The molecule has 0 spiro atoms. The lowest BCUT2D eigenvalue weighted by Crippen LogP contribution is -1.98. The number of hydrogen-bond donors (Lipinski definition) is 1. The molecule has 0 aliphatic heterocycles. The zero-order valence-corrected chi connectivity index (χ0v) is 8.13. The fraction of sp³-hybridized carbons (Fsp3) is 0.125. The molecule has 5 heteroatoms. The summed E-state index contributed by atoms with van der Waals surface area (Å²) < 4.78 is 3.19. The number of carboxylic acids is 1. The largest absolute Gasteiger partial charge is 0.481 e. The molecule has 0 saturated heterocycles. The van der Waals surface area contributed by atoms with Crippen LogP contribution in [0.3, 0.4) is 0 Å². The van der Waals surface area contributed by atoms with Gasteiger partial charge in [0.05, 0.1) is 30.2 Å². The van der Waals surface area contributed by atoms with Crippen molar-refractivity contribution in [3.05, 3.63) is 35.9 Å². The van der Waals surface area contributed by atoms with E-state index < -0.39 is 5.97 Å². The average Bonchev–Trinajstić information content (AvgIpc) is 2.06. The Morgan fingerprint density at radius 3 is 2.15 bits per heavy atom. The van der Waals surface area contributed by atoms with Crippen molar-refractivity contribution in [3.8, 4) is 0 Å². The molecule has 0 saturated carbocycles. The van der Waals surface area contributed by atoms with Crippen molar-refractivity contribution in [1.82, 2.24) is 0 Å². The molecule has 72 valence electrons. The van der Waals surface area contributed by atoms with E-state index in [9.17, 15) is 4.79 Å². The number of carboxylic acid groups (broad SMARTS) is 1. The van der Waals surface area contributed by atoms with Gasteiger partial charge in [0.1, 0.15) is 0 Å². The monoisotopic (exact) mass is 222 g/mol. The lowest BCUT2D eigenvalue weighted by Gasteiger charge is -1.92. The Bertz CT molecular complexity index is 238. The minimum absolute atomic E-state index is 0.112. The summed E-state index contributed by atoms with van der Waals surface area (Å²) in [5.74, 6) is -0.786. The third-order valence-corrected chi connectivity index (χ3v) is 1.20. The second-order valence-electron chi connectivity index (χ2n) is 2.11. The Morgan fingerprint density at radius 2 is 1.77 bits per heavy atom. The molecule has 1 aromatic carbocycles. The Hall–Kier alpha value is -0.770. The van der Waals surface area contributed by atoms with E-state index in [-0.39, 0.29) is 6.42 Å². The first-order chi connectivity index (χ1) is 6.20. The standard InChI is InChI=1S/C8H8O2.Cl2O/c9-8(10)6-7-4-2-1-3-5-7;1-3-2/h1-5H,6H2,(H,9,10);. The first-order valence-electron chi connectivity index (χ1n) is 3.35. The van der Waals surface area contributed by atoms with Crippen molar-refractivity contribution < 1.29 is 13.7 Å². The van der Waals surface area contributed by atoms with E-state index in [0.29, 0.717) is 0 Å². The summed E-state index contributed by atoms with van der Waals surface area (Å²) in [6.45, 7) is 0. The van der Waals surface area contributed by atoms with Gasteiger partial charge >= 0.3 is 5.97 Å². The van der Waals surface area contributed by atoms with E-state index in [1.807, 2.05) is 18.2 Å². The Morgan fingerprint density at radius 1 is 1.31 bits per heavy atom. The maximum atomic E-state index is 10.2. The molecule has 0 heterocycles. The topological polar surface area (TPSA) is 46.5 Å². The van der Waals surface area contributed by atoms with E-state index in [2.05, 4.69) is 27.6 Å². The molecule has 0 aliphatic carbocycles. The maximum absolute atomic E-state index is 10.2. The lowest BCUT2D eigenvalue weighted by atomic mass is 10.2. The molecule has 1 aromatic rings. The number of hydrogen-bond acceptors (Lipinski definition) is 2. The van der Waals surface area contributed by atoms with Gasteiger partial charge in [-0.25, -0.2) is 0 Å². The van der Waals surface area contributed by atoms with Gasteiger partial charge in [0.2, 0.25) is 0 Å². The highest BCUT2D eigenvalue weighted by Crippen LogP contribution is 1.98. The normalized spacial score (nSPS) is 8.46. The van der Waals surface area contributed by atoms with E-state index in [4.69, 9.17) is 5.11 Å². The first kappa shape index (κ1) is 12.2. The average molecular weight is 223 g/mol. The highest BCUT2D eigenvalue weighted by Gasteiger charge is 1.96. The fourth-order valence-corrected chi connectivity index (χ4v) is 0.770. The van der Waals surface area contributed by atoms with Crippen molar-refractivity contribution in [2.75, 3.05) is 0 Å². The van der Waals surface area contributed by atoms with Crippen LogP contribution in [0.25, 0.3) is 0 Å². The van der Waals surface area contributed by atoms with Gasteiger partial charge in [-0.1, -0.05) is 30.3 Å². The SMILES string of the molecule is ClOCl.O=C(O)Cc1ccccc1. The summed E-state index contributed by atoms with van der Waals surface area (Å²) in [5, 5.41) is 8.37. The minimum Gasteiger partial charge on any atom is -0.481 e. The number of halogens is 2. The summed E-state index contributed by atoms with van der Waals surface area (Å²) >= 11 is 8.53. The van der Waals surface area contributed by atoms with Crippen LogP contribution < -0.4 is 0 Å². The molecule has 0 unspecified atom stereocenters. The van der Waals surface area contributed by atoms with Gasteiger partial charge in [0, 0.05) is 0 Å². The van der Waals surface area contributed by atoms with E-state index >= 15 is 0 Å². The third kappa shape index (κ3) is 7.59. The summed E-state index contributed by atoms with van der Waals surface area (Å²) in [5.41, 5.74) is 0.843. The van der Waals surface area contributed by atoms with Crippen LogP contribution in [0.5, 0.6) is 0 Å². The number of aliphatic carboxylic acids is 1. The predicted octanol–water partition coefficient (Wildman–Crippen LogP) is 2.62. The van der Waals surface area contributed by atoms with Gasteiger partial charge in [-0.05, 0) is 5.56 Å². The summed E-state index contributed by atoms with van der Waals surface area (Å²) in [6, 6.07) is 9.13. The predicted molar refractivity (Wildman–Crippen MR) is 50.6 cm³/mol. The second-order valence-corrected chi connectivity index (χ2v) is 2.58. The summed E-state index contributed by atoms with van der Waals surface area (Å²) in [7, 11) is 0. The van der Waals surface area contributed by atoms with Gasteiger partial charge in [-0.3, -0.25) is 4.79 Å². The van der Waals surface area contributed by atoms with E-state index in [0.717, 1.165) is 5.56 Å². The van der Waals surface area contributed by atoms with Crippen molar-refractivity contribution in [2.45, 2.75) is 6.42 Å². The summed E-state index contributed by atoms with van der Waals surface area (Å²) in [6.07, 6.45) is 0.112.